The highest BCUT2D eigenvalue weighted by Crippen LogP contribution is 2.32. The van der Waals surface area contributed by atoms with Crippen molar-refractivity contribution in [3.63, 3.8) is 0 Å². The number of thiophene rings is 1. The predicted octanol–water partition coefficient (Wildman–Crippen LogP) is 4.87. The first-order chi connectivity index (χ1) is 21.0. The zero-order chi connectivity index (χ0) is 29.8. The minimum absolute atomic E-state index is 0.0488. The molecule has 3 heterocycles. The third-order valence-electron chi connectivity index (χ3n) is 8.32. The van der Waals surface area contributed by atoms with E-state index < -0.39 is 0 Å². The number of aryl methyl sites for hydroxylation is 1. The van der Waals surface area contributed by atoms with E-state index >= 15 is 0 Å². The molecule has 0 radical (unpaired) electrons. The molecule has 2 aliphatic heterocycles. The average Bonchev–Trinajstić information content (AvgIpc) is 3.46. The molecule has 43 heavy (non-hydrogen) atoms. The van der Waals surface area contributed by atoms with E-state index in [-0.39, 0.29) is 36.3 Å². The number of hydrogen-bond acceptors (Lipinski definition) is 7. The van der Waals surface area contributed by atoms with Crippen molar-refractivity contribution in [3.05, 3.63) is 75.0 Å². The first-order valence-electron chi connectivity index (χ1n) is 15.0. The number of ether oxygens (including phenoxy) is 3. The molecule has 6 rings (SSSR count). The van der Waals surface area contributed by atoms with Crippen LogP contribution in [0, 0.1) is 0 Å². The number of benzene rings is 2. The molecule has 10 heteroatoms. The Morgan fingerprint density at radius 1 is 1.05 bits per heavy atom. The van der Waals surface area contributed by atoms with Crippen LogP contribution in [-0.4, -0.2) is 61.5 Å². The summed E-state index contributed by atoms with van der Waals surface area (Å²) in [4.78, 5) is 42.3. The standard InChI is InChI=1S/C33H37N3O6S/c1-40-25-15-23-16-26(17-25)42-24-8-4-6-21(14-24)19-41-29-11-13-36(18-28(29)35-30(37)10-5-12-34-32(23)38)33(39)31-27-9-3-2-7-22(27)20-43-31/h4,6,8,14-17,20,28-29H,2-3,5,7,9-13,18-19H2,1H3,(H,34,38)(H,35,37)/t28-,29-/m0/s1. The third kappa shape index (κ3) is 6.86. The van der Waals surface area contributed by atoms with Crippen molar-refractivity contribution in [2.75, 3.05) is 26.7 Å². The van der Waals surface area contributed by atoms with Crippen molar-refractivity contribution in [1.29, 1.82) is 0 Å². The largest absolute Gasteiger partial charge is 0.497 e. The molecule has 9 nitrogen and oxygen atoms in total. The monoisotopic (exact) mass is 603 g/mol. The Bertz CT molecular complexity index is 1500. The summed E-state index contributed by atoms with van der Waals surface area (Å²) in [7, 11) is 1.54. The second-order valence-corrected chi connectivity index (χ2v) is 12.2. The Labute approximate surface area is 255 Å². The number of nitrogens with one attached hydrogen (secondary N) is 2. The number of nitrogens with zero attached hydrogens (tertiary/aromatic N) is 1. The Morgan fingerprint density at radius 3 is 2.81 bits per heavy atom. The van der Waals surface area contributed by atoms with Crippen molar-refractivity contribution in [2.45, 2.75) is 63.7 Å². The van der Waals surface area contributed by atoms with Crippen LogP contribution in [0.3, 0.4) is 0 Å². The molecule has 1 saturated heterocycles. The fourth-order valence-electron chi connectivity index (χ4n) is 6.05. The highest BCUT2D eigenvalue weighted by molar-refractivity contribution is 7.12. The van der Waals surface area contributed by atoms with E-state index in [2.05, 4.69) is 16.0 Å². The Kier molecular flexibility index (Phi) is 8.95. The average molecular weight is 604 g/mol. The van der Waals surface area contributed by atoms with Crippen LogP contribution in [0.1, 0.15) is 68.8 Å². The number of amides is 3. The third-order valence-corrected chi connectivity index (χ3v) is 9.38. The van der Waals surface area contributed by atoms with Crippen molar-refractivity contribution in [3.8, 4) is 17.2 Å². The summed E-state index contributed by atoms with van der Waals surface area (Å²) in [5, 5.41) is 8.17. The molecule has 226 valence electrons. The zero-order valence-corrected chi connectivity index (χ0v) is 25.2. The minimum atomic E-state index is -0.346. The fourth-order valence-corrected chi connectivity index (χ4v) is 7.17. The van der Waals surface area contributed by atoms with Gasteiger partial charge in [-0.3, -0.25) is 14.4 Å². The van der Waals surface area contributed by atoms with Crippen LogP contribution >= 0.6 is 11.3 Å². The molecule has 0 spiro atoms. The summed E-state index contributed by atoms with van der Waals surface area (Å²) >= 11 is 1.55. The summed E-state index contributed by atoms with van der Waals surface area (Å²) in [6.07, 6.45) is 5.36. The van der Waals surface area contributed by atoms with Crippen molar-refractivity contribution >= 4 is 29.1 Å². The molecule has 3 amide bonds. The number of piperidine rings is 1. The van der Waals surface area contributed by atoms with Gasteiger partial charge >= 0.3 is 0 Å². The maximum atomic E-state index is 13.7. The number of hydrogen-bond donors (Lipinski definition) is 2. The molecule has 2 N–H and O–H groups in total. The molecule has 4 bridgehead atoms. The molecule has 2 aromatic carbocycles. The lowest BCUT2D eigenvalue weighted by atomic mass is 9.93. The molecule has 1 fully saturated rings. The van der Waals surface area contributed by atoms with E-state index in [4.69, 9.17) is 14.2 Å². The molecule has 2 atom stereocenters. The van der Waals surface area contributed by atoms with Crippen LogP contribution in [0.15, 0.2) is 47.8 Å². The van der Waals surface area contributed by atoms with Gasteiger partial charge in [-0.25, -0.2) is 0 Å². The zero-order valence-electron chi connectivity index (χ0n) is 24.4. The fraction of sp³-hybridized carbons (Fsp3) is 0.424. The number of carbonyl (C=O) groups is 3. The minimum Gasteiger partial charge on any atom is -0.497 e. The van der Waals surface area contributed by atoms with E-state index in [1.807, 2.05) is 29.2 Å². The van der Waals surface area contributed by atoms with E-state index in [0.29, 0.717) is 61.9 Å². The van der Waals surface area contributed by atoms with Gasteiger partial charge in [0.15, 0.2) is 0 Å². The van der Waals surface area contributed by atoms with Crippen molar-refractivity contribution in [1.82, 2.24) is 15.5 Å². The molecular formula is C33H37N3O6S. The van der Waals surface area contributed by atoms with E-state index in [0.717, 1.165) is 29.7 Å². The molecule has 1 aliphatic carbocycles. The number of fused-ring (bicyclic) bond motifs is 6. The maximum absolute atomic E-state index is 13.7. The summed E-state index contributed by atoms with van der Waals surface area (Å²) in [5.74, 6) is 1.23. The van der Waals surface area contributed by atoms with Crippen LogP contribution in [0.2, 0.25) is 0 Å². The first-order valence-corrected chi connectivity index (χ1v) is 15.9. The molecule has 3 aliphatic rings. The van der Waals surface area contributed by atoms with Gasteiger partial charge in [0.25, 0.3) is 11.8 Å². The molecule has 0 unspecified atom stereocenters. The summed E-state index contributed by atoms with van der Waals surface area (Å²) in [6.45, 7) is 1.61. The van der Waals surface area contributed by atoms with Gasteiger partial charge < -0.3 is 29.7 Å². The highest BCUT2D eigenvalue weighted by Gasteiger charge is 2.35. The van der Waals surface area contributed by atoms with Crippen LogP contribution in [-0.2, 0) is 29.0 Å². The SMILES string of the molecule is COc1cc2cc(c1)C(=O)NCCCC(=O)N[C@H]1CN(C(=O)c3scc4c3CCCC4)CC[C@@H]1OCc1cccc(c1)O2. The molecular weight excluding hydrogens is 566 g/mol. The van der Waals surface area contributed by atoms with Crippen molar-refractivity contribution < 1.29 is 28.6 Å². The second-order valence-electron chi connectivity index (χ2n) is 11.3. The van der Waals surface area contributed by atoms with Crippen LogP contribution in [0.4, 0.5) is 0 Å². The number of rotatable bonds is 2. The second kappa shape index (κ2) is 13.2. The topological polar surface area (TPSA) is 106 Å². The van der Waals surface area contributed by atoms with Gasteiger partial charge in [-0.05, 0) is 84.9 Å². The smallest absolute Gasteiger partial charge is 0.264 e. The van der Waals surface area contributed by atoms with Crippen molar-refractivity contribution in [2.24, 2.45) is 0 Å². The number of methoxy groups -OCH3 is 1. The Morgan fingerprint density at radius 2 is 1.93 bits per heavy atom. The predicted molar refractivity (Wildman–Crippen MR) is 163 cm³/mol. The van der Waals surface area contributed by atoms with Gasteiger partial charge in [0, 0.05) is 37.7 Å². The van der Waals surface area contributed by atoms with E-state index in [1.165, 1.54) is 17.5 Å². The van der Waals surface area contributed by atoms with Crippen LogP contribution < -0.4 is 20.1 Å². The van der Waals surface area contributed by atoms with Gasteiger partial charge in [0.05, 0.1) is 30.7 Å². The highest BCUT2D eigenvalue weighted by atomic mass is 32.1. The first kappa shape index (κ1) is 29.2. The van der Waals surface area contributed by atoms with Gasteiger partial charge in [-0.15, -0.1) is 11.3 Å². The summed E-state index contributed by atoms with van der Waals surface area (Å²) in [6, 6.07) is 12.3. The normalized spacial score (nSPS) is 21.2. The lowest BCUT2D eigenvalue weighted by Crippen LogP contribution is -2.57. The van der Waals surface area contributed by atoms with Crippen LogP contribution in [0.5, 0.6) is 17.2 Å². The van der Waals surface area contributed by atoms with Gasteiger partial charge in [-0.1, -0.05) is 12.1 Å². The van der Waals surface area contributed by atoms with E-state index in [9.17, 15) is 14.4 Å². The molecule has 0 saturated carbocycles. The molecule has 1 aromatic heterocycles. The lowest BCUT2D eigenvalue weighted by Gasteiger charge is -2.39. The van der Waals surface area contributed by atoms with Crippen LogP contribution in [0.25, 0.3) is 0 Å². The maximum Gasteiger partial charge on any atom is 0.264 e. The van der Waals surface area contributed by atoms with Gasteiger partial charge in [0.1, 0.15) is 17.2 Å². The quantitative estimate of drug-likeness (QED) is 0.433. The summed E-state index contributed by atoms with van der Waals surface area (Å²) in [5.41, 5.74) is 3.84. The number of likely N-dealkylation sites (tertiary alicyclic amines) is 1. The Hall–Kier alpha value is -3.89. The van der Waals surface area contributed by atoms with Gasteiger partial charge in [-0.2, -0.15) is 0 Å². The summed E-state index contributed by atoms with van der Waals surface area (Å²) < 4.78 is 17.9. The Balaban J connectivity index is 1.21. The lowest BCUT2D eigenvalue weighted by molar-refractivity contribution is -0.124. The number of carbonyl (C=O) groups excluding carboxylic acids is 3. The van der Waals surface area contributed by atoms with Gasteiger partial charge in [0.2, 0.25) is 5.91 Å². The molecule has 3 aromatic rings. The van der Waals surface area contributed by atoms with E-state index in [1.54, 1.807) is 36.6 Å².